The van der Waals surface area contributed by atoms with Gasteiger partial charge in [0.1, 0.15) is 29.7 Å². The monoisotopic (exact) mass is 617 g/mol. The number of nitrogens with zero attached hydrogens (tertiary/aromatic N) is 4. The van der Waals surface area contributed by atoms with Crippen LogP contribution in [0.15, 0.2) is 47.5 Å². The highest BCUT2D eigenvalue weighted by Gasteiger charge is 2.33. The largest absolute Gasteiger partial charge is 0.491 e. The molecule has 2 N–H and O–H groups in total. The lowest BCUT2D eigenvalue weighted by Gasteiger charge is -2.30. The summed E-state index contributed by atoms with van der Waals surface area (Å²) in [6, 6.07) is 7.76. The molecule has 0 atom stereocenters. The van der Waals surface area contributed by atoms with Gasteiger partial charge in [0.05, 0.1) is 23.4 Å². The molecular formula is C33H36FN5O4S. The number of carbonyl (C=O) groups excluding carboxylic acids is 1. The molecule has 1 amide bonds. The molecule has 11 heteroatoms. The Balaban J connectivity index is 1.31. The number of aryl methyl sites for hydroxylation is 2. The number of anilines is 3. The van der Waals surface area contributed by atoms with Crippen molar-refractivity contribution in [3.8, 4) is 16.9 Å². The summed E-state index contributed by atoms with van der Waals surface area (Å²) in [5.41, 5.74) is 4.09. The van der Waals surface area contributed by atoms with Gasteiger partial charge in [0, 0.05) is 42.3 Å². The first kappa shape index (κ1) is 30.0. The van der Waals surface area contributed by atoms with E-state index in [4.69, 9.17) is 4.74 Å². The summed E-state index contributed by atoms with van der Waals surface area (Å²) in [6.45, 7) is 1.28. The summed E-state index contributed by atoms with van der Waals surface area (Å²) in [7, 11) is 5.55. The Bertz CT molecular complexity index is 1770. The van der Waals surface area contributed by atoms with Gasteiger partial charge < -0.3 is 29.5 Å². The number of aliphatic hydroxyl groups excluding tert-OH is 1. The third-order valence-electron chi connectivity index (χ3n) is 8.25. The Morgan fingerprint density at radius 3 is 2.68 bits per heavy atom. The Morgan fingerprint density at radius 2 is 1.93 bits per heavy atom. The lowest BCUT2D eigenvalue weighted by atomic mass is 9.91. The number of thiophene rings is 1. The molecule has 1 aliphatic carbocycles. The van der Waals surface area contributed by atoms with E-state index in [1.807, 2.05) is 19.0 Å². The van der Waals surface area contributed by atoms with Gasteiger partial charge in [-0.1, -0.05) is 0 Å². The van der Waals surface area contributed by atoms with Crippen molar-refractivity contribution >= 4 is 34.4 Å². The number of likely N-dealkylation sites (N-methyl/N-ethyl adjacent to an activating group) is 1. The van der Waals surface area contributed by atoms with E-state index in [1.165, 1.54) is 27.1 Å². The fourth-order valence-electron chi connectivity index (χ4n) is 6.01. The van der Waals surface area contributed by atoms with Crippen LogP contribution in [0.4, 0.5) is 21.6 Å². The van der Waals surface area contributed by atoms with Gasteiger partial charge in [-0.05, 0) is 93.2 Å². The van der Waals surface area contributed by atoms with Crippen molar-refractivity contribution in [1.29, 1.82) is 0 Å². The van der Waals surface area contributed by atoms with Crippen LogP contribution >= 0.6 is 11.3 Å². The average Bonchev–Trinajstić information content (AvgIpc) is 3.39. The zero-order valence-corrected chi connectivity index (χ0v) is 26.0. The van der Waals surface area contributed by atoms with Gasteiger partial charge in [0.15, 0.2) is 0 Å². The number of benzene rings is 1. The minimum atomic E-state index is -0.536. The zero-order valence-electron chi connectivity index (χ0n) is 25.2. The van der Waals surface area contributed by atoms with Crippen molar-refractivity contribution in [1.82, 2.24) is 14.5 Å². The smallest absolute Gasteiger partial charge is 0.274 e. The number of nitrogens with one attached hydrogen (secondary N) is 1. The number of pyridine rings is 2. The molecule has 4 aromatic rings. The molecule has 4 heterocycles. The molecule has 0 saturated heterocycles. The van der Waals surface area contributed by atoms with Crippen molar-refractivity contribution in [3.63, 3.8) is 0 Å². The highest BCUT2D eigenvalue weighted by Crippen LogP contribution is 2.41. The van der Waals surface area contributed by atoms with E-state index in [0.29, 0.717) is 53.5 Å². The van der Waals surface area contributed by atoms with Crippen molar-refractivity contribution in [2.45, 2.75) is 38.7 Å². The van der Waals surface area contributed by atoms with E-state index in [2.05, 4.69) is 10.3 Å². The molecule has 0 spiro atoms. The maximum Gasteiger partial charge on any atom is 0.274 e. The first-order valence-corrected chi connectivity index (χ1v) is 15.7. The molecule has 0 radical (unpaired) electrons. The van der Waals surface area contributed by atoms with Gasteiger partial charge in [-0.25, -0.2) is 9.37 Å². The van der Waals surface area contributed by atoms with Crippen LogP contribution in [-0.2, 0) is 32.9 Å². The topological polar surface area (TPSA) is 99.9 Å². The maximum absolute atomic E-state index is 15.3. The third kappa shape index (κ3) is 5.87. The number of ether oxygens (including phenoxy) is 1. The van der Waals surface area contributed by atoms with Crippen LogP contribution < -0.4 is 20.5 Å². The minimum Gasteiger partial charge on any atom is -0.491 e. The van der Waals surface area contributed by atoms with Crippen molar-refractivity contribution in [2.24, 2.45) is 7.05 Å². The lowest BCUT2D eigenvalue weighted by molar-refractivity contribution is 0.0984. The predicted octanol–water partition coefficient (Wildman–Crippen LogP) is 4.91. The molecule has 9 nitrogen and oxygen atoms in total. The van der Waals surface area contributed by atoms with Crippen LogP contribution in [0.25, 0.3) is 11.1 Å². The average molecular weight is 618 g/mol. The Kier molecular flexibility index (Phi) is 8.53. The number of amides is 1. The minimum absolute atomic E-state index is 0.153. The second-order valence-corrected chi connectivity index (χ2v) is 12.7. The van der Waals surface area contributed by atoms with Crippen molar-refractivity contribution in [3.05, 3.63) is 85.3 Å². The predicted molar refractivity (Wildman–Crippen MR) is 171 cm³/mol. The van der Waals surface area contributed by atoms with Crippen LogP contribution in [0.2, 0.25) is 0 Å². The van der Waals surface area contributed by atoms with Gasteiger partial charge in [0.25, 0.3) is 11.5 Å². The number of aromatic nitrogens is 2. The number of rotatable bonds is 9. The van der Waals surface area contributed by atoms with E-state index in [9.17, 15) is 14.7 Å². The number of halogens is 1. The molecule has 0 unspecified atom stereocenters. The van der Waals surface area contributed by atoms with Gasteiger partial charge in [0.2, 0.25) is 0 Å². The molecule has 230 valence electrons. The molecule has 0 saturated carbocycles. The van der Waals surface area contributed by atoms with Gasteiger partial charge in [-0.3, -0.25) is 9.59 Å². The van der Waals surface area contributed by atoms with E-state index in [1.54, 1.807) is 53.9 Å². The first-order valence-electron chi connectivity index (χ1n) is 14.8. The Morgan fingerprint density at radius 1 is 1.11 bits per heavy atom. The summed E-state index contributed by atoms with van der Waals surface area (Å²) < 4.78 is 22.4. The normalized spacial score (nSPS) is 14.5. The van der Waals surface area contributed by atoms with E-state index < -0.39 is 12.4 Å². The fourth-order valence-corrected chi connectivity index (χ4v) is 7.39. The standard InChI is InChI=1S/C33H36FN5O4S/c1-37(2)12-13-43-22-8-9-30(35-17-22)36-27-14-20(18-38(3)32(27)41)25-15-21(34)16-28(26(25)19-40)39-11-10-24-23-6-4-5-7-29(23)44-31(24)33(39)42/h8-9,14-18,40H,4-7,10-13,19H2,1-3H3,(H,35,36). The summed E-state index contributed by atoms with van der Waals surface area (Å²) in [5, 5.41) is 13.6. The molecule has 1 aliphatic heterocycles. The maximum atomic E-state index is 15.3. The summed E-state index contributed by atoms with van der Waals surface area (Å²) in [4.78, 5) is 36.9. The highest BCUT2D eigenvalue weighted by molar-refractivity contribution is 7.14. The van der Waals surface area contributed by atoms with E-state index in [0.717, 1.165) is 42.7 Å². The summed E-state index contributed by atoms with van der Waals surface area (Å²) in [6.07, 6.45) is 8.16. The summed E-state index contributed by atoms with van der Waals surface area (Å²) >= 11 is 1.57. The second-order valence-electron chi connectivity index (χ2n) is 11.5. The lowest BCUT2D eigenvalue weighted by Crippen LogP contribution is -2.37. The van der Waals surface area contributed by atoms with Crippen LogP contribution in [0, 0.1) is 5.82 Å². The number of carbonyl (C=O) groups is 1. The van der Waals surface area contributed by atoms with Crippen LogP contribution in [0.5, 0.6) is 5.75 Å². The number of hydrogen-bond acceptors (Lipinski definition) is 8. The van der Waals surface area contributed by atoms with Crippen molar-refractivity contribution in [2.75, 3.05) is 44.0 Å². The molecule has 3 aromatic heterocycles. The van der Waals surface area contributed by atoms with Crippen LogP contribution in [-0.4, -0.2) is 59.3 Å². The Hall–Kier alpha value is -4.06. The van der Waals surface area contributed by atoms with E-state index in [-0.39, 0.29) is 17.2 Å². The molecular weight excluding hydrogens is 581 g/mol. The molecule has 44 heavy (non-hydrogen) atoms. The van der Waals surface area contributed by atoms with Crippen LogP contribution in [0.3, 0.4) is 0 Å². The number of aliphatic hydroxyl groups is 1. The van der Waals surface area contributed by atoms with Gasteiger partial charge >= 0.3 is 0 Å². The molecule has 0 fully saturated rings. The van der Waals surface area contributed by atoms with E-state index >= 15 is 4.39 Å². The summed E-state index contributed by atoms with van der Waals surface area (Å²) in [5.74, 6) is 0.363. The van der Waals surface area contributed by atoms with Crippen LogP contribution in [0.1, 0.15) is 44.1 Å². The third-order valence-corrected chi connectivity index (χ3v) is 9.57. The van der Waals surface area contributed by atoms with Gasteiger partial charge in [-0.2, -0.15) is 0 Å². The molecule has 6 rings (SSSR count). The first-order chi connectivity index (χ1) is 21.2. The zero-order chi connectivity index (χ0) is 31.0. The fraction of sp³-hybridized carbons (Fsp3) is 0.364. The number of fused-ring (bicyclic) bond motifs is 3. The molecule has 2 aliphatic rings. The van der Waals surface area contributed by atoms with Crippen molar-refractivity contribution < 1.29 is 19.0 Å². The van der Waals surface area contributed by atoms with Gasteiger partial charge in [-0.15, -0.1) is 11.3 Å². The molecule has 1 aromatic carbocycles. The second kappa shape index (κ2) is 12.5. The molecule has 0 bridgehead atoms. The SMILES string of the molecule is CN(C)CCOc1ccc(Nc2cc(-c3cc(F)cc(N4CCc5c(sc6c5CCCC6)C4=O)c3CO)cn(C)c2=O)nc1. The Labute approximate surface area is 259 Å². The quantitative estimate of drug-likeness (QED) is 0.276. The highest BCUT2D eigenvalue weighted by atomic mass is 32.1. The number of hydrogen-bond donors (Lipinski definition) is 2.